The lowest BCUT2D eigenvalue weighted by Crippen LogP contribution is -2.63. The second kappa shape index (κ2) is 20.0. The van der Waals surface area contributed by atoms with Gasteiger partial charge in [-0.1, -0.05) is 13.0 Å². The van der Waals surface area contributed by atoms with Crippen LogP contribution in [0, 0.1) is 17.6 Å². The van der Waals surface area contributed by atoms with Crippen molar-refractivity contribution in [3.8, 4) is 0 Å². The molecule has 1 aromatic carbocycles. The molecule has 4 aliphatic rings. The summed E-state index contributed by atoms with van der Waals surface area (Å²) in [5.74, 6) is -7.81. The summed E-state index contributed by atoms with van der Waals surface area (Å²) in [5.41, 5.74) is 0.00376. The van der Waals surface area contributed by atoms with Crippen LogP contribution < -0.4 is 16.0 Å². The molecule has 0 saturated carbocycles. The third-order valence-electron chi connectivity index (χ3n) is 11.3. The number of hydrogen-bond acceptors (Lipinski definition) is 9. The van der Waals surface area contributed by atoms with Gasteiger partial charge in [-0.3, -0.25) is 33.6 Å². The Labute approximate surface area is 341 Å². The standard InChI is InChI=1S/C41H54F2N6O10/c1-23-17-32-41(58)59-25(3)35(46-36(53)29(20-26-18-27(42)21-28(43)19-26)45-33(50)13-6-4-5-7-14-34(51)52)40(57)48-16-10-12-31(48)39(56)47-15-9-8-11-30(47)37(54)44-24(2)38(55)49(32)22-23/h6,13,18-19,21,23-25,29-32,35H,4-5,7-12,14-17,20,22H2,1-3H3,(H,44,54)(H,45,50)(H,46,53)(H,51,52)/b13-6+/t23-,24+,25+,29+,30+,31+,32+,35+/m1/s1. The highest BCUT2D eigenvalue weighted by molar-refractivity contribution is 5.98. The smallest absolute Gasteiger partial charge is 0.329 e. The minimum Gasteiger partial charge on any atom is -0.481 e. The first-order chi connectivity index (χ1) is 28.0. The molecule has 0 bridgehead atoms. The van der Waals surface area contributed by atoms with Gasteiger partial charge in [-0.15, -0.1) is 0 Å². The normalized spacial score (nSPS) is 27.4. The molecule has 8 atom stereocenters. The summed E-state index contributed by atoms with van der Waals surface area (Å²) in [6, 6.07) is -4.57. The fourth-order valence-corrected chi connectivity index (χ4v) is 8.34. The summed E-state index contributed by atoms with van der Waals surface area (Å²) in [6.07, 6.45) is 4.48. The topological polar surface area (TPSA) is 212 Å². The van der Waals surface area contributed by atoms with Crippen LogP contribution in [0.25, 0.3) is 0 Å². The van der Waals surface area contributed by atoms with Gasteiger partial charge in [-0.05, 0) is 101 Å². The van der Waals surface area contributed by atoms with E-state index in [-0.39, 0.29) is 50.4 Å². The van der Waals surface area contributed by atoms with Crippen LogP contribution in [0.5, 0.6) is 0 Å². The van der Waals surface area contributed by atoms with Crippen LogP contribution in [0.3, 0.4) is 0 Å². The Kier molecular flexibility index (Phi) is 15.2. The SMILES string of the molecule is C[C@@H]1C[C@H]2C(=O)O[C@@H](C)[C@H](NC(=O)[C@H](Cc3cc(F)cc(F)c3)NC(=O)/C=C/CCCCC(=O)O)C(=O)N3CCC[C@H]3C(=O)N3CCCC[C@H]3C(=O)N[C@@H](C)C(=O)N2C1. The van der Waals surface area contributed by atoms with E-state index in [0.717, 1.165) is 18.2 Å². The predicted octanol–water partition coefficient (Wildman–Crippen LogP) is 1.74. The molecule has 4 aliphatic heterocycles. The van der Waals surface area contributed by atoms with E-state index < -0.39 is 108 Å². The number of benzene rings is 1. The van der Waals surface area contributed by atoms with Crippen molar-refractivity contribution in [2.45, 2.75) is 134 Å². The van der Waals surface area contributed by atoms with Crippen molar-refractivity contribution in [1.29, 1.82) is 0 Å². The number of unbranched alkanes of at least 4 members (excludes halogenated alkanes) is 2. The van der Waals surface area contributed by atoms with Gasteiger partial charge in [0.25, 0.3) is 0 Å². The van der Waals surface area contributed by atoms with Crippen LogP contribution in [0.15, 0.2) is 30.4 Å². The van der Waals surface area contributed by atoms with Crippen LogP contribution in [0.4, 0.5) is 8.78 Å². The summed E-state index contributed by atoms with van der Waals surface area (Å²) < 4.78 is 34.4. The molecule has 0 radical (unpaired) electrons. The molecule has 0 aliphatic carbocycles. The zero-order valence-electron chi connectivity index (χ0n) is 33.6. The molecular weight excluding hydrogens is 774 g/mol. The second-order valence-electron chi connectivity index (χ2n) is 16.0. The highest BCUT2D eigenvalue weighted by Gasteiger charge is 2.47. The van der Waals surface area contributed by atoms with E-state index in [1.54, 1.807) is 0 Å². The van der Waals surface area contributed by atoms with E-state index >= 15 is 0 Å². The number of amides is 6. The summed E-state index contributed by atoms with van der Waals surface area (Å²) in [4.78, 5) is 112. The summed E-state index contributed by atoms with van der Waals surface area (Å²) in [7, 11) is 0. The van der Waals surface area contributed by atoms with Crippen molar-refractivity contribution >= 4 is 47.4 Å². The third kappa shape index (κ3) is 11.4. The Morgan fingerprint density at radius 3 is 2.27 bits per heavy atom. The molecule has 5 rings (SSSR count). The largest absolute Gasteiger partial charge is 0.481 e. The zero-order valence-corrected chi connectivity index (χ0v) is 33.6. The number of hydrogen-bond donors (Lipinski definition) is 4. The first-order valence-electron chi connectivity index (χ1n) is 20.4. The number of allylic oxidation sites excluding steroid dienone is 1. The molecule has 16 nitrogen and oxygen atoms in total. The molecule has 0 aromatic heterocycles. The summed E-state index contributed by atoms with van der Waals surface area (Å²) in [5, 5.41) is 16.7. The quantitative estimate of drug-likeness (QED) is 0.144. The van der Waals surface area contributed by atoms with Gasteiger partial charge < -0.3 is 40.5 Å². The third-order valence-corrected chi connectivity index (χ3v) is 11.3. The number of fused-ring (bicyclic) bond motifs is 3. The molecule has 4 heterocycles. The van der Waals surface area contributed by atoms with Gasteiger partial charge in [0.15, 0.2) is 0 Å². The maximum Gasteiger partial charge on any atom is 0.329 e. The zero-order chi connectivity index (χ0) is 43.0. The van der Waals surface area contributed by atoms with Crippen molar-refractivity contribution in [3.63, 3.8) is 0 Å². The predicted molar refractivity (Wildman–Crippen MR) is 206 cm³/mol. The minimum absolute atomic E-state index is 0.00376. The Hall–Kier alpha value is -5.42. The highest BCUT2D eigenvalue weighted by Crippen LogP contribution is 2.29. The Morgan fingerprint density at radius 1 is 0.881 bits per heavy atom. The van der Waals surface area contributed by atoms with Gasteiger partial charge in [0.2, 0.25) is 35.4 Å². The lowest BCUT2D eigenvalue weighted by Gasteiger charge is -2.39. The number of cyclic esters (lactones) is 1. The number of aliphatic carboxylic acids is 1. The van der Waals surface area contributed by atoms with Crippen LogP contribution in [-0.4, -0.2) is 129 Å². The van der Waals surface area contributed by atoms with Crippen LogP contribution in [-0.2, 0) is 49.5 Å². The van der Waals surface area contributed by atoms with E-state index in [2.05, 4.69) is 16.0 Å². The first kappa shape index (κ1) is 44.7. The average Bonchev–Trinajstić information content (AvgIpc) is 3.83. The molecule has 6 amide bonds. The van der Waals surface area contributed by atoms with Gasteiger partial charge in [0.1, 0.15) is 54.0 Å². The van der Waals surface area contributed by atoms with E-state index in [9.17, 15) is 47.1 Å². The van der Waals surface area contributed by atoms with Crippen molar-refractivity contribution in [2.24, 2.45) is 5.92 Å². The number of carboxylic acids is 1. The second-order valence-corrected chi connectivity index (χ2v) is 16.0. The summed E-state index contributed by atoms with van der Waals surface area (Å²) in [6.45, 7) is 5.29. The van der Waals surface area contributed by atoms with Crippen LogP contribution in [0.1, 0.15) is 90.5 Å². The molecule has 18 heteroatoms. The van der Waals surface area contributed by atoms with Crippen molar-refractivity contribution in [2.75, 3.05) is 19.6 Å². The van der Waals surface area contributed by atoms with E-state index in [0.29, 0.717) is 51.0 Å². The number of nitrogens with zero attached hydrogens (tertiary/aromatic N) is 3. The fraction of sp³-hybridized carbons (Fsp3) is 0.610. The number of esters is 1. The molecule has 322 valence electrons. The monoisotopic (exact) mass is 828 g/mol. The van der Waals surface area contributed by atoms with E-state index in [1.165, 1.54) is 34.6 Å². The maximum absolute atomic E-state index is 14.7. The van der Waals surface area contributed by atoms with Crippen molar-refractivity contribution in [1.82, 2.24) is 30.7 Å². The van der Waals surface area contributed by atoms with E-state index in [4.69, 9.17) is 9.84 Å². The number of carbonyl (C=O) groups is 8. The number of halogens is 2. The van der Waals surface area contributed by atoms with Crippen molar-refractivity contribution in [3.05, 3.63) is 47.5 Å². The molecule has 4 fully saturated rings. The molecular formula is C41H54F2N6O10. The Bertz CT molecular complexity index is 1810. The molecule has 0 unspecified atom stereocenters. The van der Waals surface area contributed by atoms with E-state index in [1.807, 2.05) is 6.92 Å². The van der Waals surface area contributed by atoms with Gasteiger partial charge in [0.05, 0.1) is 0 Å². The van der Waals surface area contributed by atoms with Crippen LogP contribution >= 0.6 is 0 Å². The molecule has 1 aromatic rings. The Morgan fingerprint density at radius 2 is 1.56 bits per heavy atom. The van der Waals surface area contributed by atoms with Crippen molar-refractivity contribution < 1.29 is 57.0 Å². The van der Waals surface area contributed by atoms with Gasteiger partial charge >= 0.3 is 11.9 Å². The summed E-state index contributed by atoms with van der Waals surface area (Å²) >= 11 is 0. The number of rotatable bonds is 11. The highest BCUT2D eigenvalue weighted by atomic mass is 19.1. The van der Waals surface area contributed by atoms with Gasteiger partial charge in [-0.25, -0.2) is 13.6 Å². The lowest BCUT2D eigenvalue weighted by molar-refractivity contribution is -0.163. The fourth-order valence-electron chi connectivity index (χ4n) is 8.34. The number of carboxylic acid groups (broad SMARTS) is 1. The molecule has 4 saturated heterocycles. The minimum atomic E-state index is -1.64. The van der Waals surface area contributed by atoms with Gasteiger partial charge in [0, 0.05) is 38.5 Å². The first-order valence-corrected chi connectivity index (χ1v) is 20.4. The number of carbonyl (C=O) groups excluding carboxylic acids is 7. The average molecular weight is 829 g/mol. The maximum atomic E-state index is 14.7. The van der Waals surface area contributed by atoms with Crippen LogP contribution in [0.2, 0.25) is 0 Å². The number of nitrogens with one attached hydrogen (secondary N) is 3. The molecule has 0 spiro atoms. The number of piperidine rings is 1. The molecule has 59 heavy (non-hydrogen) atoms. The Balaban J connectivity index is 1.47. The molecule has 4 N–H and O–H groups in total. The number of ether oxygens (including phenoxy) is 1. The van der Waals surface area contributed by atoms with Gasteiger partial charge in [-0.2, -0.15) is 0 Å². The lowest BCUT2D eigenvalue weighted by atomic mass is 9.99.